The molecule has 5 heteroatoms. The van der Waals surface area contributed by atoms with Gasteiger partial charge < -0.3 is 16.5 Å². The van der Waals surface area contributed by atoms with Crippen LogP contribution in [0.5, 0.6) is 0 Å². The van der Waals surface area contributed by atoms with Crippen LogP contribution in [-0.4, -0.2) is 4.98 Å². The molecule has 0 radical (unpaired) electrons. The minimum atomic E-state index is -0.329. The Bertz CT molecular complexity index is 592. The predicted octanol–water partition coefficient (Wildman–Crippen LogP) is 1.97. The van der Waals surface area contributed by atoms with Crippen molar-refractivity contribution < 1.29 is 0 Å². The Hall–Kier alpha value is -1.75. The van der Waals surface area contributed by atoms with Gasteiger partial charge in [-0.1, -0.05) is 28.1 Å². The minimum Gasteiger partial charge on any atom is -0.397 e. The largest absolute Gasteiger partial charge is 0.397 e. The monoisotopic (exact) mass is 279 g/mol. The van der Waals surface area contributed by atoms with Gasteiger partial charge in [0.1, 0.15) is 0 Å². The van der Waals surface area contributed by atoms with Crippen LogP contribution in [0, 0.1) is 0 Å². The number of hydrogen-bond donors (Lipinski definition) is 3. The SMILES string of the molecule is Nc1cc(N)c(=O)[nH]c1-c1cccc(Br)c1. The number of aromatic nitrogens is 1. The van der Waals surface area contributed by atoms with Gasteiger partial charge in [-0.3, -0.25) is 4.79 Å². The highest BCUT2D eigenvalue weighted by Crippen LogP contribution is 2.25. The average molecular weight is 280 g/mol. The highest BCUT2D eigenvalue weighted by atomic mass is 79.9. The third kappa shape index (κ3) is 1.94. The zero-order valence-corrected chi connectivity index (χ0v) is 9.91. The van der Waals surface area contributed by atoms with Crippen LogP contribution in [0.15, 0.2) is 39.6 Å². The Morgan fingerprint density at radius 1 is 1.12 bits per heavy atom. The smallest absolute Gasteiger partial charge is 0.271 e. The second kappa shape index (κ2) is 4.02. The highest BCUT2D eigenvalue weighted by molar-refractivity contribution is 9.10. The van der Waals surface area contributed by atoms with Crippen molar-refractivity contribution in [1.29, 1.82) is 0 Å². The van der Waals surface area contributed by atoms with Gasteiger partial charge in [-0.2, -0.15) is 0 Å². The van der Waals surface area contributed by atoms with E-state index in [0.717, 1.165) is 10.0 Å². The van der Waals surface area contributed by atoms with Gasteiger partial charge in [0.25, 0.3) is 5.56 Å². The van der Waals surface area contributed by atoms with Crippen LogP contribution in [0.3, 0.4) is 0 Å². The lowest BCUT2D eigenvalue weighted by Crippen LogP contribution is -2.13. The predicted molar refractivity (Wildman–Crippen MR) is 69.0 cm³/mol. The fraction of sp³-hybridized carbons (Fsp3) is 0. The summed E-state index contributed by atoms with van der Waals surface area (Å²) in [7, 11) is 0. The Morgan fingerprint density at radius 2 is 1.88 bits per heavy atom. The normalized spacial score (nSPS) is 10.3. The fourth-order valence-electron chi connectivity index (χ4n) is 1.45. The van der Waals surface area contributed by atoms with Crippen LogP contribution in [0.25, 0.3) is 11.3 Å². The molecular formula is C11H10BrN3O. The molecular weight excluding hydrogens is 270 g/mol. The van der Waals surface area contributed by atoms with Crippen molar-refractivity contribution in [1.82, 2.24) is 4.98 Å². The molecule has 2 rings (SSSR count). The van der Waals surface area contributed by atoms with Crippen LogP contribution in [0.1, 0.15) is 0 Å². The quantitative estimate of drug-likeness (QED) is 0.746. The number of halogens is 1. The number of anilines is 2. The molecule has 1 aromatic carbocycles. The molecule has 0 spiro atoms. The molecule has 4 nitrogen and oxygen atoms in total. The second-order valence-electron chi connectivity index (χ2n) is 3.39. The lowest BCUT2D eigenvalue weighted by molar-refractivity contribution is 1.25. The first-order valence-electron chi connectivity index (χ1n) is 4.62. The van der Waals surface area contributed by atoms with E-state index < -0.39 is 0 Å². The maximum atomic E-state index is 11.4. The summed E-state index contributed by atoms with van der Waals surface area (Å²) in [6.07, 6.45) is 0. The van der Waals surface area contributed by atoms with Gasteiger partial charge in [0.2, 0.25) is 0 Å². The molecule has 0 aliphatic rings. The molecule has 0 saturated carbocycles. The maximum Gasteiger partial charge on any atom is 0.271 e. The number of nitrogens with two attached hydrogens (primary N) is 2. The van der Waals surface area contributed by atoms with E-state index >= 15 is 0 Å². The number of H-pyrrole nitrogens is 1. The molecule has 0 saturated heterocycles. The number of pyridine rings is 1. The summed E-state index contributed by atoms with van der Waals surface area (Å²) in [6.45, 7) is 0. The van der Waals surface area contributed by atoms with Gasteiger partial charge in [-0.05, 0) is 18.2 Å². The zero-order valence-electron chi connectivity index (χ0n) is 8.33. The highest BCUT2D eigenvalue weighted by Gasteiger charge is 2.06. The van der Waals surface area contributed by atoms with Crippen molar-refractivity contribution in [2.45, 2.75) is 0 Å². The van der Waals surface area contributed by atoms with E-state index in [1.807, 2.05) is 24.3 Å². The third-order valence-corrected chi connectivity index (χ3v) is 2.71. The third-order valence-electron chi connectivity index (χ3n) is 2.21. The average Bonchev–Trinajstić information content (AvgIpc) is 2.23. The number of rotatable bonds is 1. The van der Waals surface area contributed by atoms with E-state index in [0.29, 0.717) is 11.4 Å². The van der Waals surface area contributed by atoms with Crippen LogP contribution < -0.4 is 17.0 Å². The van der Waals surface area contributed by atoms with Gasteiger partial charge in [0, 0.05) is 10.0 Å². The van der Waals surface area contributed by atoms with Crippen LogP contribution in [-0.2, 0) is 0 Å². The lowest BCUT2D eigenvalue weighted by atomic mass is 10.1. The van der Waals surface area contributed by atoms with Crippen molar-refractivity contribution in [2.75, 3.05) is 11.5 Å². The standard InChI is InChI=1S/C11H10BrN3O/c12-7-3-1-2-6(4-7)10-8(13)5-9(14)11(16)15-10/h1-5H,13-14H2,(H,15,16). The Morgan fingerprint density at radius 3 is 2.56 bits per heavy atom. The van der Waals surface area contributed by atoms with Crippen molar-refractivity contribution in [3.05, 3.63) is 45.2 Å². The first-order chi connectivity index (χ1) is 7.58. The summed E-state index contributed by atoms with van der Waals surface area (Å²) in [5.41, 5.74) is 12.9. The number of nitrogen functional groups attached to an aromatic ring is 2. The molecule has 1 aromatic heterocycles. The number of aromatic amines is 1. The van der Waals surface area contributed by atoms with Crippen molar-refractivity contribution in [3.63, 3.8) is 0 Å². The van der Waals surface area contributed by atoms with E-state index in [-0.39, 0.29) is 11.2 Å². The fourth-order valence-corrected chi connectivity index (χ4v) is 1.85. The molecule has 0 amide bonds. The molecule has 0 aliphatic carbocycles. The zero-order chi connectivity index (χ0) is 11.7. The molecule has 0 atom stereocenters. The van der Waals surface area contributed by atoms with E-state index in [2.05, 4.69) is 20.9 Å². The van der Waals surface area contributed by atoms with Crippen LogP contribution >= 0.6 is 15.9 Å². The Balaban J connectivity index is 2.65. The topological polar surface area (TPSA) is 84.9 Å². The summed E-state index contributed by atoms with van der Waals surface area (Å²) >= 11 is 3.36. The van der Waals surface area contributed by atoms with Crippen LogP contribution in [0.4, 0.5) is 11.4 Å². The van der Waals surface area contributed by atoms with Crippen molar-refractivity contribution in [3.8, 4) is 11.3 Å². The number of hydrogen-bond acceptors (Lipinski definition) is 3. The van der Waals surface area contributed by atoms with Crippen LogP contribution in [0.2, 0.25) is 0 Å². The maximum absolute atomic E-state index is 11.4. The second-order valence-corrected chi connectivity index (χ2v) is 4.31. The van der Waals surface area contributed by atoms with E-state index in [1.54, 1.807) is 0 Å². The van der Waals surface area contributed by atoms with E-state index in [1.165, 1.54) is 6.07 Å². The van der Waals surface area contributed by atoms with Gasteiger partial charge in [0.05, 0.1) is 17.1 Å². The van der Waals surface area contributed by atoms with Crippen molar-refractivity contribution >= 4 is 27.3 Å². The summed E-state index contributed by atoms with van der Waals surface area (Å²) in [5, 5.41) is 0. The molecule has 82 valence electrons. The van der Waals surface area contributed by atoms with Gasteiger partial charge >= 0.3 is 0 Å². The molecule has 1 heterocycles. The van der Waals surface area contributed by atoms with E-state index in [9.17, 15) is 4.79 Å². The Kier molecular flexibility index (Phi) is 2.70. The number of benzene rings is 1. The molecule has 16 heavy (non-hydrogen) atoms. The van der Waals surface area contributed by atoms with Crippen molar-refractivity contribution in [2.24, 2.45) is 0 Å². The Labute approximate surface area is 100 Å². The lowest BCUT2D eigenvalue weighted by Gasteiger charge is -2.06. The van der Waals surface area contributed by atoms with Gasteiger partial charge in [-0.15, -0.1) is 0 Å². The van der Waals surface area contributed by atoms with Gasteiger partial charge in [0.15, 0.2) is 0 Å². The summed E-state index contributed by atoms with van der Waals surface area (Å²) < 4.78 is 0.919. The first kappa shape index (κ1) is 10.8. The number of nitrogens with one attached hydrogen (secondary N) is 1. The summed E-state index contributed by atoms with van der Waals surface area (Å²) in [4.78, 5) is 14.1. The van der Waals surface area contributed by atoms with Gasteiger partial charge in [-0.25, -0.2) is 0 Å². The molecule has 0 bridgehead atoms. The minimum absolute atomic E-state index is 0.122. The van der Waals surface area contributed by atoms with E-state index in [4.69, 9.17) is 11.5 Å². The first-order valence-corrected chi connectivity index (χ1v) is 5.41. The summed E-state index contributed by atoms with van der Waals surface area (Å²) in [6, 6.07) is 8.97. The molecule has 0 aliphatic heterocycles. The molecule has 5 N–H and O–H groups in total. The molecule has 0 fully saturated rings. The summed E-state index contributed by atoms with van der Waals surface area (Å²) in [5.74, 6) is 0. The molecule has 0 unspecified atom stereocenters. The molecule has 2 aromatic rings.